The molecule has 0 aliphatic carbocycles. The number of nitrogens with zero attached hydrogens (tertiary/aromatic N) is 1. The molecule has 2 rings (SSSR count). The first kappa shape index (κ1) is 17.3. The number of benzene rings is 1. The highest BCUT2D eigenvalue weighted by Gasteiger charge is 2.25. The van der Waals surface area contributed by atoms with Crippen molar-refractivity contribution in [3.05, 3.63) is 29.3 Å². The van der Waals surface area contributed by atoms with Crippen molar-refractivity contribution in [2.24, 2.45) is 0 Å². The van der Waals surface area contributed by atoms with Gasteiger partial charge in [0.1, 0.15) is 5.75 Å². The number of allylic oxidation sites excluding steroid dienone is 1. The highest BCUT2D eigenvalue weighted by atomic mass is 32.2. The molecule has 1 aliphatic rings. The van der Waals surface area contributed by atoms with Crippen molar-refractivity contribution in [1.29, 1.82) is 0 Å². The molecule has 0 spiro atoms. The van der Waals surface area contributed by atoms with E-state index in [4.69, 9.17) is 21.5 Å². The first-order chi connectivity index (χ1) is 10.3. The van der Waals surface area contributed by atoms with Crippen LogP contribution in [0.1, 0.15) is 13.3 Å². The standard InChI is InChI=1S/C14H17NO4S3/c1-10(20)8-14-15(6-3-7-22(16,17)18)12-9-11(19-2)4-5-13(12)21-14/h4-5,8-9H,3,6-7H2,1-2H3,(H,16,17,18). The molecule has 1 aliphatic heterocycles. The van der Waals surface area contributed by atoms with E-state index in [9.17, 15) is 8.42 Å². The molecule has 0 saturated carbocycles. The molecule has 0 bridgehead atoms. The Morgan fingerprint density at radius 1 is 1.50 bits per heavy atom. The second-order valence-corrected chi connectivity index (χ2v) is 8.10. The molecule has 0 saturated heterocycles. The average Bonchev–Trinajstić information content (AvgIpc) is 2.73. The van der Waals surface area contributed by atoms with Gasteiger partial charge in [-0.05, 0) is 31.6 Å². The van der Waals surface area contributed by atoms with Crippen molar-refractivity contribution in [2.45, 2.75) is 18.2 Å². The van der Waals surface area contributed by atoms with Gasteiger partial charge in [-0.1, -0.05) is 24.0 Å². The van der Waals surface area contributed by atoms with Crippen LogP contribution in [0.15, 0.2) is 34.2 Å². The highest BCUT2D eigenvalue weighted by molar-refractivity contribution is 8.03. The molecule has 8 heteroatoms. The number of fused-ring (bicyclic) bond motifs is 1. The minimum atomic E-state index is -3.95. The van der Waals surface area contributed by atoms with Gasteiger partial charge in [0.25, 0.3) is 10.1 Å². The van der Waals surface area contributed by atoms with Crippen LogP contribution in [0, 0.1) is 0 Å². The molecule has 0 unspecified atom stereocenters. The summed E-state index contributed by atoms with van der Waals surface area (Å²) in [5.74, 6) is 0.469. The molecule has 1 heterocycles. The van der Waals surface area contributed by atoms with E-state index in [0.29, 0.717) is 13.0 Å². The topological polar surface area (TPSA) is 66.8 Å². The molecule has 0 radical (unpaired) electrons. The zero-order chi connectivity index (χ0) is 16.3. The fourth-order valence-electron chi connectivity index (χ4n) is 2.12. The molecule has 120 valence electrons. The van der Waals surface area contributed by atoms with Gasteiger partial charge in [-0.25, -0.2) is 0 Å². The summed E-state index contributed by atoms with van der Waals surface area (Å²) >= 11 is 6.72. The van der Waals surface area contributed by atoms with Crippen LogP contribution in [0.2, 0.25) is 0 Å². The maximum absolute atomic E-state index is 10.9. The van der Waals surface area contributed by atoms with Gasteiger partial charge in [0.2, 0.25) is 0 Å². The van der Waals surface area contributed by atoms with E-state index in [-0.39, 0.29) is 5.75 Å². The van der Waals surface area contributed by atoms with Gasteiger partial charge in [-0.2, -0.15) is 8.42 Å². The lowest BCUT2D eigenvalue weighted by Crippen LogP contribution is -2.22. The predicted molar refractivity (Wildman–Crippen MR) is 93.6 cm³/mol. The second kappa shape index (κ2) is 6.99. The third-order valence-corrected chi connectivity index (χ3v) is 5.08. The summed E-state index contributed by atoms with van der Waals surface area (Å²) in [5, 5.41) is 0.950. The molecular formula is C14H17NO4S3. The van der Waals surface area contributed by atoms with E-state index >= 15 is 0 Å². The zero-order valence-corrected chi connectivity index (χ0v) is 14.7. The molecule has 0 aromatic heterocycles. The third kappa shape index (κ3) is 4.45. The molecule has 5 nitrogen and oxygen atoms in total. The van der Waals surface area contributed by atoms with E-state index in [0.717, 1.165) is 26.2 Å². The van der Waals surface area contributed by atoms with E-state index in [1.54, 1.807) is 18.9 Å². The number of hydrogen-bond acceptors (Lipinski definition) is 6. The number of hydrogen-bond donors (Lipinski definition) is 1. The van der Waals surface area contributed by atoms with Crippen LogP contribution in [0.4, 0.5) is 5.69 Å². The minimum absolute atomic E-state index is 0.267. The molecular weight excluding hydrogens is 342 g/mol. The van der Waals surface area contributed by atoms with Crippen LogP contribution in [0.5, 0.6) is 5.75 Å². The number of thiocarbonyl (C=S) groups is 1. The van der Waals surface area contributed by atoms with Crippen molar-refractivity contribution in [2.75, 3.05) is 24.3 Å². The summed E-state index contributed by atoms with van der Waals surface area (Å²) in [6.45, 7) is 2.31. The van der Waals surface area contributed by atoms with Gasteiger partial charge in [-0.3, -0.25) is 4.55 Å². The van der Waals surface area contributed by atoms with Gasteiger partial charge < -0.3 is 9.64 Å². The summed E-state index contributed by atoms with van der Waals surface area (Å²) in [6, 6.07) is 5.76. The van der Waals surface area contributed by atoms with Gasteiger partial charge in [0, 0.05) is 22.4 Å². The van der Waals surface area contributed by atoms with E-state index in [1.165, 1.54) is 0 Å². The van der Waals surface area contributed by atoms with Crippen LogP contribution in [-0.4, -0.2) is 37.2 Å². The Morgan fingerprint density at radius 2 is 2.23 bits per heavy atom. The first-order valence-corrected chi connectivity index (χ1v) is 9.44. The largest absolute Gasteiger partial charge is 0.497 e. The van der Waals surface area contributed by atoms with Crippen molar-refractivity contribution >= 4 is 44.6 Å². The average molecular weight is 359 g/mol. The van der Waals surface area contributed by atoms with Crippen molar-refractivity contribution < 1.29 is 17.7 Å². The summed E-state index contributed by atoms with van der Waals surface area (Å²) in [4.78, 5) is 3.82. The quantitative estimate of drug-likeness (QED) is 0.475. The Morgan fingerprint density at radius 3 is 2.82 bits per heavy atom. The SMILES string of the molecule is COc1ccc2c(c1)N(CCCS(=O)(=O)O)C(=CC(C)=S)S2. The van der Waals surface area contributed by atoms with Crippen LogP contribution in [0.25, 0.3) is 0 Å². The first-order valence-electron chi connectivity index (χ1n) is 6.61. The number of thioether (sulfide) groups is 1. The highest BCUT2D eigenvalue weighted by Crippen LogP contribution is 2.47. The Bertz CT molecular complexity index is 713. The van der Waals surface area contributed by atoms with Crippen molar-refractivity contribution in [3.63, 3.8) is 0 Å². The maximum atomic E-state index is 10.9. The Balaban J connectivity index is 2.27. The van der Waals surface area contributed by atoms with Crippen LogP contribution in [-0.2, 0) is 10.1 Å². The monoisotopic (exact) mass is 359 g/mol. The minimum Gasteiger partial charge on any atom is -0.497 e. The number of rotatable bonds is 6. The second-order valence-electron chi connectivity index (χ2n) is 4.82. The Hall–Kier alpha value is -1.09. The molecule has 0 amide bonds. The summed E-state index contributed by atoms with van der Waals surface area (Å²) < 4.78 is 35.9. The lowest BCUT2D eigenvalue weighted by Gasteiger charge is -2.20. The summed E-state index contributed by atoms with van der Waals surface area (Å²) in [5.41, 5.74) is 0.960. The van der Waals surface area contributed by atoms with E-state index in [1.807, 2.05) is 36.1 Å². The van der Waals surface area contributed by atoms with Crippen LogP contribution < -0.4 is 9.64 Å². The Labute approximate surface area is 140 Å². The lowest BCUT2D eigenvalue weighted by atomic mass is 10.2. The van der Waals surface area contributed by atoms with Crippen molar-refractivity contribution in [1.82, 2.24) is 0 Å². The predicted octanol–water partition coefficient (Wildman–Crippen LogP) is 3.12. The molecule has 0 fully saturated rings. The fourth-order valence-corrected chi connectivity index (χ4v) is 3.98. The van der Waals surface area contributed by atoms with Gasteiger partial charge >= 0.3 is 0 Å². The fraction of sp³-hybridized carbons (Fsp3) is 0.357. The van der Waals surface area contributed by atoms with Gasteiger partial charge in [0.05, 0.1) is 23.6 Å². The molecule has 1 aromatic rings. The third-order valence-electron chi connectivity index (χ3n) is 3.05. The maximum Gasteiger partial charge on any atom is 0.264 e. The summed E-state index contributed by atoms with van der Waals surface area (Å²) in [6.07, 6.45) is 2.21. The van der Waals surface area contributed by atoms with Gasteiger partial charge in [0.15, 0.2) is 0 Å². The summed E-state index contributed by atoms with van der Waals surface area (Å²) in [7, 11) is -2.35. The lowest BCUT2D eigenvalue weighted by molar-refractivity contribution is 0.414. The number of anilines is 1. The smallest absolute Gasteiger partial charge is 0.264 e. The van der Waals surface area contributed by atoms with E-state index < -0.39 is 10.1 Å². The van der Waals surface area contributed by atoms with E-state index in [2.05, 4.69) is 0 Å². The number of methoxy groups -OCH3 is 1. The normalized spacial score (nSPS) is 16.0. The van der Waals surface area contributed by atoms with Gasteiger partial charge in [-0.15, -0.1) is 0 Å². The Kier molecular flexibility index (Phi) is 5.49. The van der Waals surface area contributed by atoms with Crippen LogP contribution in [0.3, 0.4) is 0 Å². The number of ether oxygens (including phenoxy) is 1. The molecule has 22 heavy (non-hydrogen) atoms. The zero-order valence-electron chi connectivity index (χ0n) is 12.3. The molecule has 1 N–H and O–H groups in total. The van der Waals surface area contributed by atoms with Crippen LogP contribution >= 0.6 is 24.0 Å². The molecule has 0 atom stereocenters. The van der Waals surface area contributed by atoms with Crippen molar-refractivity contribution in [3.8, 4) is 5.75 Å². The molecule has 1 aromatic carbocycles.